The standard InChI is InChI=1S/C22H32O3/c23-15-6-2-5-12-17(15)14-9-11-4-1-3-10-7-8-13-18(16(10)11)19(14)20(12)22(25)21(13)24/h10-18,21-25H,1-9H2/t10?,11?,12?,13?,14?,15?,16?,17?,18?,21-,22-/m1/s1. The van der Waals surface area contributed by atoms with E-state index in [0.717, 1.165) is 43.4 Å². The molecular weight excluding hydrogens is 312 g/mol. The van der Waals surface area contributed by atoms with Crippen LogP contribution in [0, 0.1) is 47.3 Å². The minimum atomic E-state index is -0.657. The number of rotatable bonds is 0. The van der Waals surface area contributed by atoms with E-state index < -0.39 is 12.2 Å². The van der Waals surface area contributed by atoms with E-state index in [4.69, 9.17) is 0 Å². The molecule has 4 fully saturated rings. The molecular formula is C22H32O3. The molecule has 6 aliphatic carbocycles. The molecule has 3 N–H and O–H groups in total. The van der Waals surface area contributed by atoms with Crippen LogP contribution in [0.25, 0.3) is 0 Å². The molecule has 3 nitrogen and oxygen atoms in total. The third-order valence-corrected chi connectivity index (χ3v) is 9.50. The van der Waals surface area contributed by atoms with Gasteiger partial charge in [-0.1, -0.05) is 31.3 Å². The van der Waals surface area contributed by atoms with Gasteiger partial charge in [-0.3, -0.25) is 0 Å². The summed E-state index contributed by atoms with van der Waals surface area (Å²) in [5.74, 6) is 4.39. The van der Waals surface area contributed by atoms with Gasteiger partial charge in [-0.15, -0.1) is 0 Å². The summed E-state index contributed by atoms with van der Waals surface area (Å²) in [4.78, 5) is 0. The van der Waals surface area contributed by atoms with E-state index in [1.165, 1.54) is 37.7 Å². The Morgan fingerprint density at radius 3 is 2.36 bits per heavy atom. The van der Waals surface area contributed by atoms with E-state index in [1.807, 2.05) is 0 Å². The zero-order valence-corrected chi connectivity index (χ0v) is 15.1. The third kappa shape index (κ3) is 1.88. The first-order chi connectivity index (χ1) is 12.2. The van der Waals surface area contributed by atoms with Gasteiger partial charge in [0, 0.05) is 0 Å². The lowest BCUT2D eigenvalue weighted by Crippen LogP contribution is -2.55. The zero-order chi connectivity index (χ0) is 16.9. The summed E-state index contributed by atoms with van der Waals surface area (Å²) in [6.45, 7) is 0. The average Bonchev–Trinajstić information content (AvgIpc) is 2.96. The fourth-order valence-corrected chi connectivity index (χ4v) is 8.91. The molecule has 4 saturated carbocycles. The van der Waals surface area contributed by atoms with Crippen LogP contribution in [0.3, 0.4) is 0 Å². The fourth-order valence-electron chi connectivity index (χ4n) is 8.91. The molecule has 0 radical (unpaired) electrons. The summed E-state index contributed by atoms with van der Waals surface area (Å²) in [5, 5.41) is 32.9. The van der Waals surface area contributed by atoms with Crippen LogP contribution in [0.4, 0.5) is 0 Å². The number of aliphatic hydroxyl groups excluding tert-OH is 3. The number of hydrogen-bond donors (Lipinski definition) is 3. The van der Waals surface area contributed by atoms with Crippen LogP contribution in [0.2, 0.25) is 0 Å². The van der Waals surface area contributed by atoms with Crippen LogP contribution in [0.15, 0.2) is 11.1 Å². The van der Waals surface area contributed by atoms with E-state index in [9.17, 15) is 15.3 Å². The second kappa shape index (κ2) is 5.33. The van der Waals surface area contributed by atoms with Gasteiger partial charge in [0.2, 0.25) is 0 Å². The molecule has 138 valence electrons. The molecule has 0 saturated heterocycles. The van der Waals surface area contributed by atoms with Crippen molar-refractivity contribution in [3.8, 4) is 0 Å². The molecule has 9 unspecified atom stereocenters. The first kappa shape index (κ1) is 15.7. The van der Waals surface area contributed by atoms with E-state index in [0.29, 0.717) is 23.7 Å². The van der Waals surface area contributed by atoms with Crippen molar-refractivity contribution in [1.82, 2.24) is 0 Å². The molecule has 0 aromatic carbocycles. The lowest BCUT2D eigenvalue weighted by molar-refractivity contribution is -0.0932. The van der Waals surface area contributed by atoms with Gasteiger partial charge in [-0.2, -0.15) is 0 Å². The third-order valence-electron chi connectivity index (χ3n) is 9.50. The second-order valence-electron chi connectivity index (χ2n) is 10.2. The summed E-state index contributed by atoms with van der Waals surface area (Å²) in [6.07, 6.45) is 9.41. The van der Waals surface area contributed by atoms with Gasteiger partial charge in [0.25, 0.3) is 0 Å². The highest BCUT2D eigenvalue weighted by atomic mass is 16.3. The van der Waals surface area contributed by atoms with Crippen molar-refractivity contribution in [3.63, 3.8) is 0 Å². The fraction of sp³-hybridized carbons (Fsp3) is 0.909. The molecule has 0 spiro atoms. The van der Waals surface area contributed by atoms with Crippen molar-refractivity contribution in [2.24, 2.45) is 47.3 Å². The SMILES string of the molecule is OC1CCCC2C3=C4C(CC5CCCC6CCC(C4C65)[C@@H](O)[C@@H]3O)C12. The highest BCUT2D eigenvalue weighted by molar-refractivity contribution is 5.41. The first-order valence-corrected chi connectivity index (χ1v) is 10.9. The topological polar surface area (TPSA) is 60.7 Å². The zero-order valence-electron chi connectivity index (χ0n) is 15.1. The Hall–Kier alpha value is -0.380. The van der Waals surface area contributed by atoms with Crippen LogP contribution in [0.5, 0.6) is 0 Å². The summed E-state index contributed by atoms with van der Waals surface area (Å²) in [5.41, 5.74) is 2.78. The number of aliphatic hydroxyl groups is 3. The molecule has 11 atom stereocenters. The van der Waals surface area contributed by atoms with Crippen molar-refractivity contribution in [1.29, 1.82) is 0 Å². The molecule has 25 heavy (non-hydrogen) atoms. The molecule has 0 aromatic rings. The van der Waals surface area contributed by atoms with Crippen LogP contribution in [-0.2, 0) is 0 Å². The Kier molecular flexibility index (Phi) is 3.34. The molecule has 0 bridgehead atoms. The molecule has 0 heterocycles. The normalized spacial score (nSPS) is 59.4. The van der Waals surface area contributed by atoms with Crippen LogP contribution < -0.4 is 0 Å². The Morgan fingerprint density at radius 2 is 1.48 bits per heavy atom. The van der Waals surface area contributed by atoms with Gasteiger partial charge in [0.15, 0.2) is 0 Å². The lowest BCUT2D eigenvalue weighted by atomic mass is 9.47. The molecule has 3 heteroatoms. The maximum atomic E-state index is 11.1. The van der Waals surface area contributed by atoms with E-state index in [-0.39, 0.29) is 12.0 Å². The van der Waals surface area contributed by atoms with Crippen molar-refractivity contribution in [3.05, 3.63) is 11.1 Å². The van der Waals surface area contributed by atoms with E-state index in [2.05, 4.69) is 0 Å². The van der Waals surface area contributed by atoms with Gasteiger partial charge in [0.1, 0.15) is 6.10 Å². The Labute approximate surface area is 150 Å². The average molecular weight is 344 g/mol. The Morgan fingerprint density at radius 1 is 0.680 bits per heavy atom. The molecule has 0 aromatic heterocycles. The minimum absolute atomic E-state index is 0.198. The molecule has 6 aliphatic rings. The Balaban J connectivity index is 1.52. The van der Waals surface area contributed by atoms with E-state index >= 15 is 0 Å². The number of fused-ring (bicyclic) bond motifs is 3. The van der Waals surface area contributed by atoms with Gasteiger partial charge < -0.3 is 15.3 Å². The maximum absolute atomic E-state index is 11.1. The van der Waals surface area contributed by atoms with Crippen molar-refractivity contribution >= 4 is 0 Å². The van der Waals surface area contributed by atoms with Crippen molar-refractivity contribution < 1.29 is 15.3 Å². The van der Waals surface area contributed by atoms with Gasteiger partial charge in [-0.25, -0.2) is 0 Å². The summed E-state index contributed by atoms with van der Waals surface area (Å²) >= 11 is 0. The monoisotopic (exact) mass is 344 g/mol. The maximum Gasteiger partial charge on any atom is 0.102 e. The predicted molar refractivity (Wildman–Crippen MR) is 94.5 cm³/mol. The summed E-state index contributed by atoms with van der Waals surface area (Å²) in [6, 6.07) is 0. The van der Waals surface area contributed by atoms with Crippen LogP contribution >= 0.6 is 0 Å². The van der Waals surface area contributed by atoms with E-state index in [1.54, 1.807) is 5.57 Å². The largest absolute Gasteiger partial charge is 0.393 e. The molecule has 0 aliphatic heterocycles. The first-order valence-electron chi connectivity index (χ1n) is 10.9. The summed E-state index contributed by atoms with van der Waals surface area (Å²) < 4.78 is 0. The smallest absolute Gasteiger partial charge is 0.102 e. The molecule has 0 amide bonds. The second-order valence-corrected chi connectivity index (χ2v) is 10.2. The van der Waals surface area contributed by atoms with Crippen LogP contribution in [-0.4, -0.2) is 33.6 Å². The van der Waals surface area contributed by atoms with Gasteiger partial charge in [0.05, 0.1) is 12.2 Å². The predicted octanol–water partition coefficient (Wildman–Crippen LogP) is 2.89. The highest BCUT2D eigenvalue weighted by Crippen LogP contribution is 2.67. The number of allylic oxidation sites excluding steroid dienone is 1. The van der Waals surface area contributed by atoms with Crippen molar-refractivity contribution in [2.45, 2.75) is 76.1 Å². The van der Waals surface area contributed by atoms with Gasteiger partial charge >= 0.3 is 0 Å². The van der Waals surface area contributed by atoms with Gasteiger partial charge in [-0.05, 0) is 85.0 Å². The minimum Gasteiger partial charge on any atom is -0.393 e. The summed E-state index contributed by atoms with van der Waals surface area (Å²) in [7, 11) is 0. The molecule has 6 rings (SSSR count). The Bertz CT molecular complexity index is 612. The number of hydrogen-bond acceptors (Lipinski definition) is 3. The quantitative estimate of drug-likeness (QED) is 0.592. The lowest BCUT2D eigenvalue weighted by Gasteiger charge is -2.58. The van der Waals surface area contributed by atoms with Crippen LogP contribution in [0.1, 0.15) is 57.8 Å². The van der Waals surface area contributed by atoms with Crippen molar-refractivity contribution in [2.75, 3.05) is 0 Å². The highest BCUT2D eigenvalue weighted by Gasteiger charge is 2.62.